The number of allylic oxidation sites excluding steroid dienone is 1. The summed E-state index contributed by atoms with van der Waals surface area (Å²) in [6.07, 6.45) is 3.70. The molecule has 0 saturated carbocycles. The van der Waals surface area contributed by atoms with E-state index in [0.29, 0.717) is 17.9 Å². The fraction of sp³-hybridized carbons (Fsp3) is 0.414. The summed E-state index contributed by atoms with van der Waals surface area (Å²) >= 11 is 0. The molecule has 0 N–H and O–H groups in total. The van der Waals surface area contributed by atoms with Gasteiger partial charge in [-0.3, -0.25) is 19.3 Å². The molecule has 2 amide bonds. The van der Waals surface area contributed by atoms with Gasteiger partial charge in [0, 0.05) is 23.4 Å². The topological polar surface area (TPSA) is 76.1 Å². The van der Waals surface area contributed by atoms with Crippen LogP contribution in [0.25, 0.3) is 5.57 Å². The van der Waals surface area contributed by atoms with E-state index in [4.69, 9.17) is 9.47 Å². The number of Topliss-reactive ketones (excluding diaryl/α,β-unsaturated/α-hetero) is 1. The first kappa shape index (κ1) is 23.0. The highest BCUT2D eigenvalue weighted by Crippen LogP contribution is 2.50. The van der Waals surface area contributed by atoms with Gasteiger partial charge in [0.25, 0.3) is 0 Å². The summed E-state index contributed by atoms with van der Waals surface area (Å²) in [4.78, 5) is 45.2. The number of rotatable bonds is 5. The molecule has 0 radical (unpaired) electrons. The van der Waals surface area contributed by atoms with Crippen molar-refractivity contribution in [1.29, 1.82) is 0 Å². The lowest BCUT2D eigenvalue weighted by Crippen LogP contribution is -2.50. The number of carbonyl (C=O) groups excluding carboxylic acids is 3. The predicted octanol–water partition coefficient (Wildman–Crippen LogP) is 3.64. The van der Waals surface area contributed by atoms with Crippen molar-refractivity contribution in [3.05, 3.63) is 65.2 Å². The van der Waals surface area contributed by atoms with E-state index in [1.165, 1.54) is 4.90 Å². The van der Waals surface area contributed by atoms with E-state index in [-0.39, 0.29) is 36.3 Å². The summed E-state index contributed by atoms with van der Waals surface area (Å²) in [5.74, 6) is -1.43. The average molecular weight is 487 g/mol. The third-order valence-corrected chi connectivity index (χ3v) is 8.13. The molecule has 4 aliphatic heterocycles. The monoisotopic (exact) mass is 486 g/mol. The minimum atomic E-state index is -0.788. The molecular formula is C29H30N2O5. The number of carbonyl (C=O) groups is 3. The fourth-order valence-electron chi connectivity index (χ4n) is 6.44. The van der Waals surface area contributed by atoms with Gasteiger partial charge in [-0.25, -0.2) is 0 Å². The maximum Gasteiger partial charge on any atom is 0.235 e. The minimum absolute atomic E-state index is 0.132. The van der Waals surface area contributed by atoms with Gasteiger partial charge in [-0.1, -0.05) is 29.8 Å². The zero-order valence-corrected chi connectivity index (χ0v) is 20.8. The molecular weight excluding hydrogens is 456 g/mol. The average Bonchev–Trinajstić information content (AvgIpc) is 3.57. The van der Waals surface area contributed by atoms with Crippen LogP contribution in [0, 0.1) is 18.8 Å². The number of imide groups is 1. The molecule has 3 fully saturated rings. The molecule has 0 spiro atoms. The van der Waals surface area contributed by atoms with Crippen LogP contribution in [0.3, 0.4) is 0 Å². The Hall–Kier alpha value is -3.45. The quantitative estimate of drug-likeness (QED) is 0.475. The second-order valence-corrected chi connectivity index (χ2v) is 10.3. The van der Waals surface area contributed by atoms with Crippen LogP contribution in [0.4, 0.5) is 5.69 Å². The SMILES string of the molecule is COc1cccc(C(=O)[C@@H]2[C@@H]3C(=O)N(C[C@@H]4CCCO4)C(=O)[C@H]3[C@H]3C=C(C)c4cc(C)ccc4N32)c1. The minimum Gasteiger partial charge on any atom is -0.497 e. The lowest BCUT2D eigenvalue weighted by molar-refractivity contribution is -0.142. The molecule has 0 aliphatic carbocycles. The third-order valence-electron chi connectivity index (χ3n) is 8.13. The van der Waals surface area contributed by atoms with E-state index in [0.717, 1.165) is 35.2 Å². The van der Waals surface area contributed by atoms with Crippen molar-refractivity contribution in [2.24, 2.45) is 11.8 Å². The molecule has 7 heteroatoms. The van der Waals surface area contributed by atoms with Crippen LogP contribution in [0.1, 0.15) is 41.3 Å². The van der Waals surface area contributed by atoms with Crippen molar-refractivity contribution in [3.63, 3.8) is 0 Å². The highest BCUT2D eigenvalue weighted by molar-refractivity contribution is 6.14. The van der Waals surface area contributed by atoms with Crippen molar-refractivity contribution < 1.29 is 23.9 Å². The first-order valence-electron chi connectivity index (χ1n) is 12.6. The van der Waals surface area contributed by atoms with E-state index in [2.05, 4.69) is 12.1 Å². The maximum atomic E-state index is 14.1. The van der Waals surface area contributed by atoms with Gasteiger partial charge in [-0.05, 0) is 56.5 Å². The largest absolute Gasteiger partial charge is 0.497 e. The van der Waals surface area contributed by atoms with Crippen molar-refractivity contribution >= 4 is 28.9 Å². The summed E-state index contributed by atoms with van der Waals surface area (Å²) in [5, 5.41) is 0. The number of aryl methyl sites for hydroxylation is 1. The number of hydrogen-bond acceptors (Lipinski definition) is 6. The van der Waals surface area contributed by atoms with Crippen LogP contribution in [-0.2, 0) is 14.3 Å². The Kier molecular flexibility index (Phi) is 5.48. The maximum absolute atomic E-state index is 14.1. The molecule has 0 aromatic heterocycles. The standard InChI is InChI=1S/C29H30N2O5/c1-16-9-10-22-21(12-16)17(2)13-23-24-25(29(34)30(28(24)33)15-20-8-5-11-36-20)26(31(22)23)27(32)18-6-4-7-19(14-18)35-3/h4,6-7,9-10,12-14,20,23-26H,5,8,11,15H2,1-3H3/t20-,23+,24-,25+,26-/m0/s1. The van der Waals surface area contributed by atoms with E-state index < -0.39 is 17.9 Å². The number of ether oxygens (including phenoxy) is 2. The van der Waals surface area contributed by atoms with Crippen molar-refractivity contribution in [1.82, 2.24) is 4.90 Å². The molecule has 2 aromatic rings. The van der Waals surface area contributed by atoms with Crippen LogP contribution >= 0.6 is 0 Å². The zero-order chi connectivity index (χ0) is 25.1. The van der Waals surface area contributed by atoms with E-state index in [9.17, 15) is 14.4 Å². The van der Waals surface area contributed by atoms with Gasteiger partial charge in [-0.15, -0.1) is 0 Å². The zero-order valence-electron chi connectivity index (χ0n) is 20.8. The van der Waals surface area contributed by atoms with Crippen molar-refractivity contribution in [2.45, 2.75) is 44.9 Å². The molecule has 0 unspecified atom stereocenters. The Morgan fingerprint density at radius 2 is 1.89 bits per heavy atom. The highest BCUT2D eigenvalue weighted by Gasteiger charge is 2.64. The summed E-state index contributed by atoms with van der Waals surface area (Å²) < 4.78 is 11.1. The molecule has 3 saturated heterocycles. The van der Waals surface area contributed by atoms with Gasteiger partial charge in [0.2, 0.25) is 11.8 Å². The number of ketones is 1. The number of anilines is 1. The van der Waals surface area contributed by atoms with Crippen LogP contribution in [0.15, 0.2) is 48.5 Å². The summed E-state index contributed by atoms with van der Waals surface area (Å²) in [7, 11) is 1.56. The molecule has 5 atom stereocenters. The number of methoxy groups -OCH3 is 1. The summed E-state index contributed by atoms with van der Waals surface area (Å²) in [6, 6.07) is 12.0. The normalized spacial score (nSPS) is 28.6. The van der Waals surface area contributed by atoms with Gasteiger partial charge >= 0.3 is 0 Å². The van der Waals surface area contributed by atoms with Gasteiger partial charge in [0.1, 0.15) is 11.8 Å². The smallest absolute Gasteiger partial charge is 0.235 e. The van der Waals surface area contributed by atoms with Gasteiger partial charge in [0.05, 0.1) is 37.6 Å². The number of fused-ring (bicyclic) bond motifs is 5. The molecule has 4 heterocycles. The number of benzene rings is 2. The number of amides is 2. The fourth-order valence-corrected chi connectivity index (χ4v) is 6.44. The van der Waals surface area contributed by atoms with E-state index in [1.54, 1.807) is 31.4 Å². The second kappa shape index (κ2) is 8.59. The Morgan fingerprint density at radius 3 is 2.64 bits per heavy atom. The number of hydrogen-bond donors (Lipinski definition) is 0. The molecule has 0 bridgehead atoms. The van der Waals surface area contributed by atoms with Gasteiger partial charge in [-0.2, -0.15) is 0 Å². The molecule has 7 nitrogen and oxygen atoms in total. The third kappa shape index (κ3) is 3.40. The highest BCUT2D eigenvalue weighted by atomic mass is 16.5. The van der Waals surface area contributed by atoms with Crippen LogP contribution < -0.4 is 9.64 Å². The van der Waals surface area contributed by atoms with Gasteiger partial charge in [0.15, 0.2) is 5.78 Å². The Labute approximate surface area is 210 Å². The first-order chi connectivity index (χ1) is 17.4. The van der Waals surface area contributed by atoms with Crippen LogP contribution in [-0.4, -0.2) is 60.9 Å². The van der Waals surface area contributed by atoms with Crippen LogP contribution in [0.5, 0.6) is 5.75 Å². The lowest BCUT2D eigenvalue weighted by Gasteiger charge is -2.38. The Balaban J connectivity index is 1.46. The second-order valence-electron chi connectivity index (χ2n) is 10.3. The number of nitrogens with zero attached hydrogens (tertiary/aromatic N) is 2. The van der Waals surface area contributed by atoms with E-state index >= 15 is 0 Å². The van der Waals surface area contributed by atoms with Crippen molar-refractivity contribution in [2.75, 3.05) is 25.2 Å². The lowest BCUT2D eigenvalue weighted by atomic mass is 9.85. The van der Waals surface area contributed by atoms with Crippen LogP contribution in [0.2, 0.25) is 0 Å². The summed E-state index contributed by atoms with van der Waals surface area (Å²) in [6.45, 7) is 4.98. The Bertz CT molecular complexity index is 1290. The molecule has 2 aromatic carbocycles. The predicted molar refractivity (Wildman–Crippen MR) is 135 cm³/mol. The summed E-state index contributed by atoms with van der Waals surface area (Å²) in [5.41, 5.74) is 4.57. The number of likely N-dealkylation sites (tertiary alicyclic amines) is 1. The van der Waals surface area contributed by atoms with Crippen molar-refractivity contribution in [3.8, 4) is 5.75 Å². The first-order valence-corrected chi connectivity index (χ1v) is 12.6. The molecule has 4 aliphatic rings. The molecule has 6 rings (SSSR count). The molecule has 186 valence electrons. The Morgan fingerprint density at radius 1 is 1.08 bits per heavy atom. The van der Waals surface area contributed by atoms with E-state index in [1.807, 2.05) is 30.9 Å². The van der Waals surface area contributed by atoms with Gasteiger partial charge < -0.3 is 14.4 Å². The molecule has 36 heavy (non-hydrogen) atoms.